The number of hydrogen-bond acceptors (Lipinski definition) is 6. The van der Waals surface area contributed by atoms with Gasteiger partial charge < -0.3 is 14.3 Å². The van der Waals surface area contributed by atoms with Crippen LogP contribution < -0.4 is 10.0 Å². The van der Waals surface area contributed by atoms with Crippen molar-refractivity contribution in [3.63, 3.8) is 0 Å². The number of furan rings is 1. The van der Waals surface area contributed by atoms with Crippen LogP contribution in [0.15, 0.2) is 62.6 Å². The summed E-state index contributed by atoms with van der Waals surface area (Å²) < 4.78 is 37.4. The number of carbonyl (C=O) groups excluding carboxylic acids is 1. The molecule has 2 N–H and O–H groups in total. The van der Waals surface area contributed by atoms with Gasteiger partial charge in [-0.2, -0.15) is 0 Å². The summed E-state index contributed by atoms with van der Waals surface area (Å²) in [5.74, 6) is 1.03. The fourth-order valence-electron chi connectivity index (χ4n) is 2.32. The Morgan fingerprint density at radius 3 is 2.43 bits per heavy atom. The number of carbonyl (C=O) groups is 1. The molecule has 1 amide bonds. The Hall–Kier alpha value is -2.91. The van der Waals surface area contributed by atoms with E-state index in [0.29, 0.717) is 22.9 Å². The summed E-state index contributed by atoms with van der Waals surface area (Å²) in [6.45, 7) is 5.95. The van der Waals surface area contributed by atoms with Crippen LogP contribution in [0.2, 0.25) is 0 Å². The van der Waals surface area contributed by atoms with Crippen LogP contribution in [-0.4, -0.2) is 19.5 Å². The molecular formula is C19H21N3O5S. The summed E-state index contributed by atoms with van der Waals surface area (Å²) in [5, 5.41) is 6.46. The Morgan fingerprint density at radius 1 is 1.14 bits per heavy atom. The quantitative estimate of drug-likeness (QED) is 0.653. The SMILES string of the molecule is CC(C)(C)c1cc(NC(=O)c2ccc(S(=O)(=O)NCc3ccco3)cc2)no1. The molecule has 0 spiro atoms. The number of anilines is 1. The van der Waals surface area contributed by atoms with E-state index in [1.54, 1.807) is 18.2 Å². The lowest BCUT2D eigenvalue weighted by molar-refractivity contribution is 0.102. The number of aromatic nitrogens is 1. The molecule has 0 fully saturated rings. The van der Waals surface area contributed by atoms with Crippen molar-refractivity contribution in [3.05, 3.63) is 65.8 Å². The Morgan fingerprint density at radius 2 is 1.86 bits per heavy atom. The van der Waals surface area contributed by atoms with Crippen molar-refractivity contribution in [3.8, 4) is 0 Å². The number of rotatable bonds is 6. The number of nitrogens with one attached hydrogen (secondary N) is 2. The van der Waals surface area contributed by atoms with Crippen molar-refractivity contribution in [2.45, 2.75) is 37.6 Å². The summed E-state index contributed by atoms with van der Waals surface area (Å²) in [6.07, 6.45) is 1.47. The Bertz CT molecular complexity index is 1050. The second-order valence-corrected chi connectivity index (χ2v) is 8.98. The molecule has 0 atom stereocenters. The van der Waals surface area contributed by atoms with Gasteiger partial charge in [0, 0.05) is 17.0 Å². The van der Waals surface area contributed by atoms with E-state index in [9.17, 15) is 13.2 Å². The number of hydrogen-bond donors (Lipinski definition) is 2. The maximum atomic E-state index is 12.3. The third-order valence-corrected chi connectivity index (χ3v) is 5.35. The lowest BCUT2D eigenvalue weighted by Gasteiger charge is -2.12. The van der Waals surface area contributed by atoms with Crippen LogP contribution in [0.25, 0.3) is 0 Å². The molecule has 3 aromatic rings. The molecule has 1 aromatic carbocycles. The van der Waals surface area contributed by atoms with Crippen molar-refractivity contribution >= 4 is 21.7 Å². The maximum Gasteiger partial charge on any atom is 0.256 e. The van der Waals surface area contributed by atoms with Crippen LogP contribution >= 0.6 is 0 Å². The molecule has 0 unspecified atom stereocenters. The molecule has 28 heavy (non-hydrogen) atoms. The minimum absolute atomic E-state index is 0.0415. The van der Waals surface area contributed by atoms with Crippen LogP contribution in [0, 0.1) is 0 Å². The average Bonchev–Trinajstić information content (AvgIpc) is 3.31. The molecule has 0 aliphatic carbocycles. The third-order valence-electron chi connectivity index (χ3n) is 3.93. The van der Waals surface area contributed by atoms with Gasteiger partial charge in [-0.3, -0.25) is 4.79 Å². The molecule has 2 aromatic heterocycles. The molecule has 3 rings (SSSR count). The van der Waals surface area contributed by atoms with Crippen LogP contribution in [-0.2, 0) is 22.0 Å². The summed E-state index contributed by atoms with van der Waals surface area (Å²) in [5.41, 5.74) is 0.0690. The first-order valence-corrected chi connectivity index (χ1v) is 10.0. The molecule has 0 saturated carbocycles. The van der Waals surface area contributed by atoms with E-state index in [1.165, 1.54) is 30.5 Å². The topological polar surface area (TPSA) is 114 Å². The van der Waals surface area contributed by atoms with Crippen LogP contribution in [0.4, 0.5) is 5.82 Å². The third kappa shape index (κ3) is 4.68. The number of sulfonamides is 1. The zero-order valence-electron chi connectivity index (χ0n) is 15.7. The predicted octanol–water partition coefficient (Wildman–Crippen LogP) is 3.30. The highest BCUT2D eigenvalue weighted by Crippen LogP contribution is 2.24. The van der Waals surface area contributed by atoms with E-state index < -0.39 is 15.9 Å². The lowest BCUT2D eigenvalue weighted by Crippen LogP contribution is -2.23. The van der Waals surface area contributed by atoms with Crippen molar-refractivity contribution in [2.75, 3.05) is 5.32 Å². The predicted molar refractivity (Wildman–Crippen MR) is 102 cm³/mol. The van der Waals surface area contributed by atoms with Gasteiger partial charge >= 0.3 is 0 Å². The van der Waals surface area contributed by atoms with Gasteiger partial charge in [0.1, 0.15) is 11.5 Å². The van der Waals surface area contributed by atoms with Crippen LogP contribution in [0.1, 0.15) is 42.6 Å². The Labute approximate surface area is 163 Å². The first-order valence-electron chi connectivity index (χ1n) is 8.56. The largest absolute Gasteiger partial charge is 0.468 e. The number of benzene rings is 1. The standard InChI is InChI=1S/C19H21N3O5S/c1-19(2,3)16-11-17(22-27-16)21-18(23)13-6-8-15(9-7-13)28(24,25)20-12-14-5-4-10-26-14/h4-11,20H,12H2,1-3H3,(H,21,22,23). The highest BCUT2D eigenvalue weighted by atomic mass is 32.2. The van der Waals surface area contributed by atoms with Crippen molar-refractivity contribution in [2.24, 2.45) is 0 Å². The fourth-order valence-corrected chi connectivity index (χ4v) is 3.32. The molecule has 0 aliphatic heterocycles. The van der Waals surface area contributed by atoms with Gasteiger partial charge in [0.15, 0.2) is 5.82 Å². The molecule has 0 saturated heterocycles. The molecule has 9 heteroatoms. The first kappa shape index (κ1) is 19.8. The molecule has 148 valence electrons. The highest BCUT2D eigenvalue weighted by molar-refractivity contribution is 7.89. The van der Waals surface area contributed by atoms with E-state index in [1.807, 2.05) is 20.8 Å². The molecule has 0 radical (unpaired) electrons. The monoisotopic (exact) mass is 403 g/mol. The van der Waals surface area contributed by atoms with Crippen LogP contribution in [0.5, 0.6) is 0 Å². The van der Waals surface area contributed by atoms with Gasteiger partial charge in [0.2, 0.25) is 10.0 Å². The Kier molecular flexibility index (Phi) is 5.39. The molecule has 8 nitrogen and oxygen atoms in total. The van der Waals surface area contributed by atoms with E-state index in [0.717, 1.165) is 0 Å². The second-order valence-electron chi connectivity index (χ2n) is 7.21. The molecule has 0 aliphatic rings. The van der Waals surface area contributed by atoms with Gasteiger partial charge in [0.05, 0.1) is 17.7 Å². The molecule has 0 bridgehead atoms. The van der Waals surface area contributed by atoms with E-state index in [4.69, 9.17) is 8.94 Å². The summed E-state index contributed by atoms with van der Waals surface area (Å²) in [4.78, 5) is 12.4. The van der Waals surface area contributed by atoms with Gasteiger partial charge in [-0.25, -0.2) is 13.1 Å². The first-order chi connectivity index (χ1) is 13.1. The van der Waals surface area contributed by atoms with Crippen molar-refractivity contribution in [1.82, 2.24) is 9.88 Å². The zero-order chi connectivity index (χ0) is 20.4. The number of nitrogens with zero attached hydrogens (tertiary/aromatic N) is 1. The van der Waals surface area contributed by atoms with Gasteiger partial charge in [-0.15, -0.1) is 0 Å². The summed E-state index contributed by atoms with van der Waals surface area (Å²) in [6, 6.07) is 10.6. The van der Waals surface area contributed by atoms with Crippen molar-refractivity contribution in [1.29, 1.82) is 0 Å². The zero-order valence-corrected chi connectivity index (χ0v) is 16.5. The van der Waals surface area contributed by atoms with Gasteiger partial charge in [0.25, 0.3) is 5.91 Å². The summed E-state index contributed by atoms with van der Waals surface area (Å²) >= 11 is 0. The van der Waals surface area contributed by atoms with E-state index in [-0.39, 0.29) is 16.9 Å². The van der Waals surface area contributed by atoms with Gasteiger partial charge in [-0.1, -0.05) is 25.9 Å². The fraction of sp³-hybridized carbons (Fsp3) is 0.263. The summed E-state index contributed by atoms with van der Waals surface area (Å²) in [7, 11) is -3.72. The van der Waals surface area contributed by atoms with Crippen molar-refractivity contribution < 1.29 is 22.2 Å². The average molecular weight is 403 g/mol. The minimum Gasteiger partial charge on any atom is -0.468 e. The smallest absolute Gasteiger partial charge is 0.256 e. The second kappa shape index (κ2) is 7.61. The molecule has 2 heterocycles. The van der Waals surface area contributed by atoms with Crippen LogP contribution in [0.3, 0.4) is 0 Å². The molecular weight excluding hydrogens is 382 g/mol. The normalized spacial score (nSPS) is 12.1. The Balaban J connectivity index is 1.66. The number of amides is 1. The van der Waals surface area contributed by atoms with Gasteiger partial charge in [-0.05, 0) is 36.4 Å². The van der Waals surface area contributed by atoms with E-state index in [2.05, 4.69) is 15.2 Å². The highest BCUT2D eigenvalue weighted by Gasteiger charge is 2.21. The lowest BCUT2D eigenvalue weighted by atomic mass is 9.93. The van der Waals surface area contributed by atoms with E-state index >= 15 is 0 Å². The minimum atomic E-state index is -3.72. The maximum absolute atomic E-state index is 12.3.